The van der Waals surface area contributed by atoms with Gasteiger partial charge in [-0.15, -0.1) is 11.8 Å². The van der Waals surface area contributed by atoms with Crippen molar-refractivity contribution in [1.29, 1.82) is 0 Å². The molecule has 4 atom stereocenters. The highest BCUT2D eigenvalue weighted by atomic mass is 32.2. The minimum atomic E-state index is -2.03. The number of oxime groups is 1. The molecule has 4 rings (SSSR count). The van der Waals surface area contributed by atoms with Crippen LogP contribution in [0.15, 0.2) is 10.3 Å². The highest BCUT2D eigenvalue weighted by Gasteiger charge is 2.71. The summed E-state index contributed by atoms with van der Waals surface area (Å²) >= 11 is 2.43. The quantitative estimate of drug-likeness (QED) is 0.106. The van der Waals surface area contributed by atoms with Crippen molar-refractivity contribution < 1.29 is 33.9 Å². The molecule has 29 heavy (non-hydrogen) atoms. The number of nitrogens with zero attached hydrogens (tertiary/aromatic N) is 4. The first-order chi connectivity index (χ1) is 13.8. The Kier molecular flexibility index (Phi) is 4.82. The Morgan fingerprint density at radius 3 is 2.86 bits per heavy atom. The van der Waals surface area contributed by atoms with E-state index in [4.69, 9.17) is 15.4 Å². The number of amides is 2. The Morgan fingerprint density at radius 1 is 1.48 bits per heavy atom. The average Bonchev–Trinajstić information content (AvgIpc) is 3.25. The van der Waals surface area contributed by atoms with Gasteiger partial charge < -0.3 is 20.0 Å². The van der Waals surface area contributed by atoms with E-state index in [2.05, 4.69) is 15.6 Å². The molecule has 0 aromatic heterocycles. The van der Waals surface area contributed by atoms with Crippen LogP contribution in [0.5, 0.6) is 0 Å². The molecule has 0 bridgehead atoms. The first kappa shape index (κ1) is 19.8. The SMILES string of the molecule is CON=C(C(=O)N[C@@H]1C(=O)N2[C@@H]1SC[C@@H]1CC(=O)O[C@@]12C(=O)O)C1=NN(N)SC1. The fourth-order valence-corrected chi connectivity index (χ4v) is 5.82. The van der Waals surface area contributed by atoms with E-state index in [1.165, 1.54) is 18.9 Å². The summed E-state index contributed by atoms with van der Waals surface area (Å²) in [6, 6.07) is -1.00. The number of hydrazine groups is 1. The molecule has 4 aliphatic rings. The number of hydrogen-bond acceptors (Lipinski definition) is 12. The number of nitrogens with one attached hydrogen (secondary N) is 1. The lowest BCUT2D eigenvalue weighted by atomic mass is 9.89. The number of ether oxygens (including phenoxy) is 1. The number of hydrazone groups is 1. The molecular formula is C14H16N6O7S2. The number of aliphatic carboxylic acids is 1. The zero-order chi connectivity index (χ0) is 20.9. The van der Waals surface area contributed by atoms with Crippen molar-refractivity contribution in [2.45, 2.75) is 23.6 Å². The van der Waals surface area contributed by atoms with Crippen molar-refractivity contribution in [1.82, 2.24) is 14.7 Å². The average molecular weight is 444 g/mol. The van der Waals surface area contributed by atoms with Crippen LogP contribution in [0.1, 0.15) is 6.42 Å². The molecule has 4 heterocycles. The number of β-lactam (4-membered cyclic amide) rings is 1. The molecule has 0 unspecified atom stereocenters. The van der Waals surface area contributed by atoms with Gasteiger partial charge in [0.1, 0.15) is 24.2 Å². The summed E-state index contributed by atoms with van der Waals surface area (Å²) in [7, 11) is 1.26. The van der Waals surface area contributed by atoms with Crippen molar-refractivity contribution in [3.05, 3.63) is 0 Å². The number of fused-ring (bicyclic) bond motifs is 3. The molecule has 0 radical (unpaired) electrons. The first-order valence-corrected chi connectivity index (χ1v) is 10.4. The fraction of sp³-hybridized carbons (Fsp3) is 0.571. The Balaban J connectivity index is 1.53. The topological polar surface area (TPSA) is 176 Å². The highest BCUT2D eigenvalue weighted by molar-refractivity contribution is 8.00. The van der Waals surface area contributed by atoms with Crippen molar-refractivity contribution in [2.75, 3.05) is 18.6 Å². The second-order valence-electron chi connectivity index (χ2n) is 6.51. The van der Waals surface area contributed by atoms with Crippen molar-refractivity contribution in [3.63, 3.8) is 0 Å². The first-order valence-electron chi connectivity index (χ1n) is 8.37. The van der Waals surface area contributed by atoms with E-state index in [1.807, 2.05) is 0 Å². The summed E-state index contributed by atoms with van der Waals surface area (Å²) in [5.74, 6) is 2.02. The van der Waals surface area contributed by atoms with Crippen LogP contribution in [0.4, 0.5) is 0 Å². The lowest BCUT2D eigenvalue weighted by molar-refractivity contribution is -0.215. The van der Waals surface area contributed by atoms with Crippen molar-refractivity contribution in [3.8, 4) is 0 Å². The molecule has 13 nitrogen and oxygen atoms in total. The summed E-state index contributed by atoms with van der Waals surface area (Å²) in [5, 5.41) is 19.2. The summed E-state index contributed by atoms with van der Waals surface area (Å²) in [5.41, 5.74) is -1.90. The van der Waals surface area contributed by atoms with Gasteiger partial charge in [0.05, 0.1) is 12.2 Å². The van der Waals surface area contributed by atoms with Gasteiger partial charge in [-0.2, -0.15) is 9.62 Å². The number of rotatable bonds is 5. The number of carboxylic acids is 1. The van der Waals surface area contributed by atoms with Crippen LogP contribution in [-0.2, 0) is 28.8 Å². The number of nitrogens with two attached hydrogens (primary N) is 1. The molecule has 15 heteroatoms. The molecule has 0 spiro atoms. The molecule has 0 aromatic carbocycles. The fourth-order valence-electron chi connectivity index (χ4n) is 3.66. The number of carbonyl (C=O) groups excluding carboxylic acids is 3. The molecule has 0 aliphatic carbocycles. The van der Waals surface area contributed by atoms with Gasteiger partial charge in [-0.05, 0) is 11.9 Å². The molecule has 3 fully saturated rings. The smallest absolute Gasteiger partial charge is 0.370 e. The van der Waals surface area contributed by atoms with Gasteiger partial charge in [-0.1, -0.05) is 5.16 Å². The predicted molar refractivity (Wildman–Crippen MR) is 100.0 cm³/mol. The summed E-state index contributed by atoms with van der Waals surface area (Å²) in [6.07, 6.45) is -0.0788. The Hall–Kier alpha value is -2.52. The number of thioether (sulfide) groups is 1. The van der Waals surface area contributed by atoms with Crippen LogP contribution in [-0.4, -0.2) is 85.5 Å². The summed E-state index contributed by atoms with van der Waals surface area (Å²) in [6.45, 7) is 0. The number of hydrogen-bond donors (Lipinski definition) is 3. The molecule has 0 saturated carbocycles. The van der Waals surface area contributed by atoms with E-state index >= 15 is 0 Å². The summed E-state index contributed by atoms with van der Waals surface area (Å²) < 4.78 is 6.18. The minimum absolute atomic E-state index is 0.0788. The van der Waals surface area contributed by atoms with E-state index in [-0.39, 0.29) is 23.6 Å². The number of carbonyl (C=O) groups is 4. The third kappa shape index (κ3) is 2.91. The lowest BCUT2D eigenvalue weighted by Gasteiger charge is -2.56. The second-order valence-corrected chi connectivity index (χ2v) is 8.58. The normalized spacial score (nSPS) is 33.4. The molecule has 0 aromatic rings. The van der Waals surface area contributed by atoms with Gasteiger partial charge in [0.2, 0.25) is 0 Å². The van der Waals surface area contributed by atoms with Gasteiger partial charge in [0.25, 0.3) is 17.5 Å². The zero-order valence-corrected chi connectivity index (χ0v) is 16.6. The molecule has 3 saturated heterocycles. The van der Waals surface area contributed by atoms with Gasteiger partial charge in [0.15, 0.2) is 5.71 Å². The maximum absolute atomic E-state index is 12.8. The van der Waals surface area contributed by atoms with E-state index in [0.717, 1.165) is 21.4 Å². The van der Waals surface area contributed by atoms with Crippen molar-refractivity contribution in [2.24, 2.45) is 22.0 Å². The number of carboxylic acid groups (broad SMARTS) is 1. The van der Waals surface area contributed by atoms with E-state index in [0.29, 0.717) is 5.75 Å². The highest BCUT2D eigenvalue weighted by Crippen LogP contribution is 2.51. The van der Waals surface area contributed by atoms with E-state index < -0.39 is 46.8 Å². The van der Waals surface area contributed by atoms with Crippen LogP contribution in [0, 0.1) is 5.92 Å². The van der Waals surface area contributed by atoms with Crippen LogP contribution in [0.25, 0.3) is 0 Å². The Morgan fingerprint density at radius 2 is 2.24 bits per heavy atom. The van der Waals surface area contributed by atoms with Crippen LogP contribution < -0.4 is 11.2 Å². The lowest BCUT2D eigenvalue weighted by Crippen LogP contribution is -2.80. The predicted octanol–water partition coefficient (Wildman–Crippen LogP) is -2.07. The van der Waals surface area contributed by atoms with Gasteiger partial charge >= 0.3 is 11.9 Å². The Labute approximate surface area is 172 Å². The third-order valence-corrected chi connectivity index (χ3v) is 7.09. The monoisotopic (exact) mass is 444 g/mol. The van der Waals surface area contributed by atoms with Gasteiger partial charge in [0, 0.05) is 11.7 Å². The summed E-state index contributed by atoms with van der Waals surface area (Å²) in [4.78, 5) is 54.8. The number of esters is 1. The maximum atomic E-state index is 12.8. The van der Waals surface area contributed by atoms with Gasteiger partial charge in [-0.25, -0.2) is 10.6 Å². The van der Waals surface area contributed by atoms with Crippen LogP contribution >= 0.6 is 23.7 Å². The largest absolute Gasteiger partial charge is 0.477 e. The van der Waals surface area contributed by atoms with Gasteiger partial charge in [-0.3, -0.25) is 19.3 Å². The van der Waals surface area contributed by atoms with Crippen LogP contribution in [0.3, 0.4) is 0 Å². The molecule has 4 N–H and O–H groups in total. The molecule has 2 amide bonds. The van der Waals surface area contributed by atoms with Crippen molar-refractivity contribution >= 4 is 58.9 Å². The second kappa shape index (κ2) is 7.07. The van der Waals surface area contributed by atoms with Crippen LogP contribution in [0.2, 0.25) is 0 Å². The Bertz CT molecular complexity index is 865. The molecule has 4 aliphatic heterocycles. The van der Waals surface area contributed by atoms with E-state index in [9.17, 15) is 24.3 Å². The standard InChI is InChI=1S/C14H16N6O7S2/c1-26-18-8(6-4-29-20(15)17-6)10(22)16-9-11(23)19-12(9)28-3-5-2-7(21)27-14(5,19)13(24)25/h5,9,12H,2-4,15H2,1H3,(H,16,22)(H,24,25)/t5-,9+,12+,14+/m0/s1. The zero-order valence-electron chi connectivity index (χ0n) is 14.9. The molecule has 156 valence electrons. The van der Waals surface area contributed by atoms with E-state index in [1.54, 1.807) is 0 Å². The maximum Gasteiger partial charge on any atom is 0.370 e. The minimum Gasteiger partial charge on any atom is -0.477 e. The molecular weight excluding hydrogens is 428 g/mol. The third-order valence-electron chi connectivity index (χ3n) is 4.92.